The summed E-state index contributed by atoms with van der Waals surface area (Å²) in [7, 11) is 0. The topological polar surface area (TPSA) is 73.7 Å². The number of hydrogen-bond donors (Lipinski definition) is 3. The summed E-state index contributed by atoms with van der Waals surface area (Å²) in [6.45, 7) is 3.69. The maximum absolute atomic E-state index is 12.1. The van der Waals surface area contributed by atoms with E-state index in [1.165, 1.54) is 0 Å². The summed E-state index contributed by atoms with van der Waals surface area (Å²) < 4.78 is 1.43. The number of hydrazone groups is 1. The van der Waals surface area contributed by atoms with Gasteiger partial charge in [0.1, 0.15) is 5.75 Å². The Morgan fingerprint density at radius 1 is 1.11 bits per heavy atom. The van der Waals surface area contributed by atoms with E-state index in [1.807, 2.05) is 49.4 Å². The SMILES string of the molecule is C/C(=N\NC(=O)CNc1ccc2ccccc2c1)c1cc(Br)c(C)c(Br)c1O. The molecule has 1 amide bonds. The summed E-state index contributed by atoms with van der Waals surface area (Å²) in [5, 5.41) is 19.8. The summed E-state index contributed by atoms with van der Waals surface area (Å²) >= 11 is 6.82. The molecule has 5 nitrogen and oxygen atoms in total. The van der Waals surface area contributed by atoms with Gasteiger partial charge in [-0.3, -0.25) is 4.79 Å². The third-order valence-electron chi connectivity index (χ3n) is 4.36. The van der Waals surface area contributed by atoms with Crippen molar-refractivity contribution in [3.63, 3.8) is 0 Å². The fourth-order valence-corrected chi connectivity index (χ4v) is 3.83. The molecular weight excluding hydrogens is 486 g/mol. The molecule has 0 saturated heterocycles. The van der Waals surface area contributed by atoms with Crippen molar-refractivity contribution in [2.24, 2.45) is 5.10 Å². The molecule has 0 aromatic heterocycles. The lowest BCUT2D eigenvalue weighted by atomic mass is 10.1. The third-order valence-corrected chi connectivity index (χ3v) is 6.16. The van der Waals surface area contributed by atoms with E-state index >= 15 is 0 Å². The molecule has 3 aromatic carbocycles. The van der Waals surface area contributed by atoms with Crippen LogP contribution < -0.4 is 10.7 Å². The number of benzene rings is 3. The van der Waals surface area contributed by atoms with Crippen molar-refractivity contribution in [1.82, 2.24) is 5.43 Å². The Balaban J connectivity index is 1.64. The highest BCUT2D eigenvalue weighted by molar-refractivity contribution is 9.11. The van der Waals surface area contributed by atoms with Crippen LogP contribution in [0.3, 0.4) is 0 Å². The molecule has 0 fully saturated rings. The molecule has 28 heavy (non-hydrogen) atoms. The van der Waals surface area contributed by atoms with Crippen molar-refractivity contribution in [2.75, 3.05) is 11.9 Å². The predicted octanol–water partition coefficient (Wildman–Crippen LogP) is 5.33. The van der Waals surface area contributed by atoms with Crippen LogP contribution in [-0.4, -0.2) is 23.3 Å². The Kier molecular flexibility index (Phi) is 6.36. The first-order chi connectivity index (χ1) is 13.4. The van der Waals surface area contributed by atoms with E-state index in [9.17, 15) is 9.90 Å². The lowest BCUT2D eigenvalue weighted by Crippen LogP contribution is -2.26. The lowest BCUT2D eigenvalue weighted by Gasteiger charge is -2.11. The molecule has 0 spiro atoms. The van der Waals surface area contributed by atoms with Gasteiger partial charge in [0.05, 0.1) is 16.7 Å². The monoisotopic (exact) mass is 503 g/mol. The molecule has 3 aromatic rings. The summed E-state index contributed by atoms with van der Waals surface area (Å²) in [5.41, 5.74) is 5.29. The van der Waals surface area contributed by atoms with Crippen molar-refractivity contribution >= 4 is 59.9 Å². The van der Waals surface area contributed by atoms with E-state index < -0.39 is 0 Å². The Hall–Kier alpha value is -2.38. The molecule has 0 unspecified atom stereocenters. The minimum Gasteiger partial charge on any atom is -0.506 e. The van der Waals surface area contributed by atoms with E-state index in [2.05, 4.69) is 47.7 Å². The highest BCUT2D eigenvalue weighted by Crippen LogP contribution is 2.36. The molecule has 0 aliphatic rings. The highest BCUT2D eigenvalue weighted by atomic mass is 79.9. The van der Waals surface area contributed by atoms with Gasteiger partial charge in [0.25, 0.3) is 5.91 Å². The summed E-state index contributed by atoms with van der Waals surface area (Å²) in [4.78, 5) is 12.1. The quantitative estimate of drug-likeness (QED) is 0.324. The van der Waals surface area contributed by atoms with Crippen molar-refractivity contribution < 1.29 is 9.90 Å². The molecule has 7 heteroatoms. The maximum Gasteiger partial charge on any atom is 0.259 e. The molecule has 3 rings (SSSR count). The van der Waals surface area contributed by atoms with Crippen LogP contribution in [-0.2, 0) is 4.79 Å². The van der Waals surface area contributed by atoms with Gasteiger partial charge in [0.2, 0.25) is 0 Å². The van der Waals surface area contributed by atoms with E-state index in [-0.39, 0.29) is 18.2 Å². The van der Waals surface area contributed by atoms with Gasteiger partial charge in [-0.1, -0.05) is 46.3 Å². The second kappa shape index (κ2) is 8.75. The number of halogens is 2. The van der Waals surface area contributed by atoms with Crippen LogP contribution >= 0.6 is 31.9 Å². The van der Waals surface area contributed by atoms with E-state index in [1.54, 1.807) is 13.0 Å². The second-order valence-corrected chi connectivity index (χ2v) is 7.99. The number of rotatable bonds is 5. The maximum atomic E-state index is 12.1. The first-order valence-corrected chi connectivity index (χ1v) is 10.2. The highest BCUT2D eigenvalue weighted by Gasteiger charge is 2.14. The van der Waals surface area contributed by atoms with Gasteiger partial charge in [-0.15, -0.1) is 0 Å². The van der Waals surface area contributed by atoms with Crippen molar-refractivity contribution in [1.29, 1.82) is 0 Å². The van der Waals surface area contributed by atoms with Crippen LogP contribution in [0.15, 0.2) is 62.6 Å². The van der Waals surface area contributed by atoms with Crippen LogP contribution in [0.25, 0.3) is 10.8 Å². The molecule has 3 N–H and O–H groups in total. The Bertz CT molecular complexity index is 1080. The van der Waals surface area contributed by atoms with Gasteiger partial charge < -0.3 is 10.4 Å². The van der Waals surface area contributed by atoms with E-state index in [0.29, 0.717) is 15.7 Å². The van der Waals surface area contributed by atoms with Crippen molar-refractivity contribution in [3.05, 3.63) is 68.6 Å². The zero-order valence-corrected chi connectivity index (χ0v) is 18.6. The van der Waals surface area contributed by atoms with Crippen LogP contribution in [0.2, 0.25) is 0 Å². The van der Waals surface area contributed by atoms with Gasteiger partial charge in [0.15, 0.2) is 0 Å². The zero-order chi connectivity index (χ0) is 20.3. The van der Waals surface area contributed by atoms with Gasteiger partial charge in [-0.05, 0) is 64.3 Å². The molecule has 144 valence electrons. The molecule has 0 atom stereocenters. The molecule has 0 saturated carbocycles. The largest absolute Gasteiger partial charge is 0.506 e. The smallest absolute Gasteiger partial charge is 0.259 e. The van der Waals surface area contributed by atoms with Gasteiger partial charge in [-0.25, -0.2) is 5.43 Å². The number of anilines is 1. The standard InChI is InChI=1S/C21H19Br2N3O2/c1-12-18(22)10-17(21(28)20(12)23)13(2)25-26-19(27)11-24-16-8-7-14-5-3-4-6-15(14)9-16/h3-10,24,28H,11H2,1-2H3,(H,26,27)/b25-13+. The van der Waals surface area contributed by atoms with Gasteiger partial charge in [-0.2, -0.15) is 5.10 Å². The number of carbonyl (C=O) groups is 1. The Morgan fingerprint density at radius 2 is 1.82 bits per heavy atom. The average Bonchev–Trinajstić information content (AvgIpc) is 2.71. The Morgan fingerprint density at radius 3 is 2.57 bits per heavy atom. The van der Waals surface area contributed by atoms with Gasteiger partial charge in [0, 0.05) is 15.7 Å². The second-order valence-electron chi connectivity index (χ2n) is 6.34. The van der Waals surface area contributed by atoms with Crippen LogP contribution in [0, 0.1) is 6.92 Å². The fraction of sp³-hybridized carbons (Fsp3) is 0.143. The molecule has 0 radical (unpaired) electrons. The van der Waals surface area contributed by atoms with Crippen molar-refractivity contribution in [3.8, 4) is 5.75 Å². The summed E-state index contributed by atoms with van der Waals surface area (Å²) in [5.74, 6) is -0.192. The van der Waals surface area contributed by atoms with Crippen LogP contribution in [0.1, 0.15) is 18.1 Å². The van der Waals surface area contributed by atoms with Crippen LogP contribution in [0.5, 0.6) is 5.75 Å². The van der Waals surface area contributed by atoms with Gasteiger partial charge >= 0.3 is 0 Å². The van der Waals surface area contributed by atoms with E-state index in [4.69, 9.17) is 0 Å². The minimum atomic E-state index is -0.280. The first-order valence-electron chi connectivity index (χ1n) is 8.60. The number of hydrogen-bond acceptors (Lipinski definition) is 4. The summed E-state index contributed by atoms with van der Waals surface area (Å²) in [6.07, 6.45) is 0. The third kappa shape index (κ3) is 4.54. The summed E-state index contributed by atoms with van der Waals surface area (Å²) in [6, 6.07) is 15.8. The predicted molar refractivity (Wildman–Crippen MR) is 121 cm³/mol. The molecular formula is C21H19Br2N3O2. The number of phenolic OH excluding ortho intramolecular Hbond substituents is 1. The minimum absolute atomic E-state index is 0.0857. The molecule has 0 bridgehead atoms. The van der Waals surface area contributed by atoms with Crippen molar-refractivity contribution in [2.45, 2.75) is 13.8 Å². The van der Waals surface area contributed by atoms with E-state index in [0.717, 1.165) is 26.5 Å². The number of amides is 1. The number of nitrogens with one attached hydrogen (secondary N) is 2. The Labute approximate surface area is 180 Å². The zero-order valence-electron chi connectivity index (χ0n) is 15.4. The molecule has 0 heterocycles. The number of fused-ring (bicyclic) bond motifs is 1. The number of aromatic hydroxyl groups is 1. The normalized spacial score (nSPS) is 11.5. The van der Waals surface area contributed by atoms with Crippen LogP contribution in [0.4, 0.5) is 5.69 Å². The number of phenols is 1. The molecule has 0 aliphatic carbocycles. The fourth-order valence-electron chi connectivity index (χ4n) is 2.71. The lowest BCUT2D eigenvalue weighted by molar-refractivity contribution is -0.119. The number of carbonyl (C=O) groups excluding carboxylic acids is 1. The first kappa shape index (κ1) is 20.4. The molecule has 0 aliphatic heterocycles. The average molecular weight is 505 g/mol. The number of nitrogens with zero attached hydrogens (tertiary/aromatic N) is 1.